The van der Waals surface area contributed by atoms with Crippen LogP contribution in [0.1, 0.15) is 32.8 Å². The van der Waals surface area contributed by atoms with Gasteiger partial charge in [-0.05, 0) is 56.7 Å². The fraction of sp³-hybridized carbons (Fsp3) is 0.323. The minimum absolute atomic E-state index is 0.195. The van der Waals surface area contributed by atoms with Crippen molar-refractivity contribution >= 4 is 34.5 Å². The highest BCUT2D eigenvalue weighted by molar-refractivity contribution is 5.86. The van der Waals surface area contributed by atoms with Crippen molar-refractivity contribution in [3.05, 3.63) is 60.6 Å². The number of fused-ring (bicyclic) bond motifs is 1. The summed E-state index contributed by atoms with van der Waals surface area (Å²) in [6, 6.07) is 10.5. The van der Waals surface area contributed by atoms with Crippen molar-refractivity contribution in [2.24, 2.45) is 7.05 Å². The van der Waals surface area contributed by atoms with E-state index in [0.717, 1.165) is 27.6 Å². The van der Waals surface area contributed by atoms with Gasteiger partial charge in [0.1, 0.15) is 23.5 Å². The van der Waals surface area contributed by atoms with E-state index in [4.69, 9.17) is 15.9 Å². The average Bonchev–Trinajstić information content (AvgIpc) is 3.58. The number of rotatable bonds is 6. The van der Waals surface area contributed by atoms with Crippen LogP contribution >= 0.6 is 0 Å². The Balaban J connectivity index is 1.43. The Labute approximate surface area is 244 Å². The van der Waals surface area contributed by atoms with E-state index in [9.17, 15) is 9.59 Å². The van der Waals surface area contributed by atoms with Gasteiger partial charge in [0.2, 0.25) is 11.9 Å². The van der Waals surface area contributed by atoms with E-state index >= 15 is 0 Å². The SMILES string of the molecule is C#Cc1ccc2nc(Nc3cc(O[C@H]4C[C@@H](C(=O)NC)N(C(=O)OC(C)(C)C)C4)cc(-c4cnn(C)c4)c3)ncc2c1. The van der Waals surface area contributed by atoms with Crippen LogP contribution in [0.3, 0.4) is 0 Å². The number of nitrogens with zero attached hydrogens (tertiary/aromatic N) is 5. The van der Waals surface area contributed by atoms with Crippen LogP contribution in [0.15, 0.2) is 55.0 Å². The van der Waals surface area contributed by atoms with E-state index in [0.29, 0.717) is 23.8 Å². The molecule has 216 valence electrons. The second kappa shape index (κ2) is 11.4. The average molecular weight is 568 g/mol. The van der Waals surface area contributed by atoms with Gasteiger partial charge in [-0.3, -0.25) is 14.4 Å². The number of aromatic nitrogens is 4. The molecule has 3 heterocycles. The zero-order valence-corrected chi connectivity index (χ0v) is 24.2. The first-order chi connectivity index (χ1) is 20.0. The van der Waals surface area contributed by atoms with Gasteiger partial charge in [0.15, 0.2) is 0 Å². The van der Waals surface area contributed by atoms with Crippen LogP contribution in [0.5, 0.6) is 5.75 Å². The quantitative estimate of drug-likeness (QED) is 0.332. The number of carbonyl (C=O) groups is 2. The van der Waals surface area contributed by atoms with Crippen molar-refractivity contribution < 1.29 is 19.1 Å². The fourth-order valence-electron chi connectivity index (χ4n) is 4.80. The third kappa shape index (κ3) is 6.44. The number of nitrogens with one attached hydrogen (secondary N) is 2. The topological polar surface area (TPSA) is 124 Å². The molecule has 1 fully saturated rings. The molecule has 1 saturated heterocycles. The number of likely N-dealkylation sites (N-methyl/N-ethyl adjacent to an activating group) is 1. The second-order valence-electron chi connectivity index (χ2n) is 11.1. The summed E-state index contributed by atoms with van der Waals surface area (Å²) in [5.74, 6) is 3.30. The number of amides is 2. The lowest BCUT2D eigenvalue weighted by Gasteiger charge is -2.27. The van der Waals surface area contributed by atoms with Crippen LogP contribution < -0.4 is 15.4 Å². The Morgan fingerprint density at radius 2 is 1.93 bits per heavy atom. The molecule has 0 unspecified atom stereocenters. The van der Waals surface area contributed by atoms with Crippen LogP contribution in [0.2, 0.25) is 0 Å². The van der Waals surface area contributed by atoms with Crippen LogP contribution in [-0.2, 0) is 16.6 Å². The molecule has 0 bridgehead atoms. The van der Waals surface area contributed by atoms with Gasteiger partial charge in [0, 0.05) is 61.2 Å². The Kier molecular flexibility index (Phi) is 7.72. The number of ether oxygens (including phenoxy) is 2. The minimum Gasteiger partial charge on any atom is -0.488 e. The number of likely N-dealkylation sites (tertiary alicyclic amines) is 1. The molecule has 2 amide bonds. The molecule has 11 nitrogen and oxygen atoms in total. The molecule has 0 aliphatic carbocycles. The van der Waals surface area contributed by atoms with Gasteiger partial charge in [-0.25, -0.2) is 14.8 Å². The first-order valence-corrected chi connectivity index (χ1v) is 13.5. The maximum atomic E-state index is 12.9. The number of carbonyl (C=O) groups excluding carboxylic acids is 2. The first kappa shape index (κ1) is 28.4. The molecule has 11 heteroatoms. The number of benzene rings is 2. The van der Waals surface area contributed by atoms with Crippen LogP contribution in [0.4, 0.5) is 16.4 Å². The second-order valence-corrected chi connectivity index (χ2v) is 11.1. The van der Waals surface area contributed by atoms with E-state index in [1.165, 1.54) is 4.90 Å². The van der Waals surface area contributed by atoms with Crippen molar-refractivity contribution in [3.8, 4) is 29.2 Å². The lowest BCUT2D eigenvalue weighted by atomic mass is 10.1. The van der Waals surface area contributed by atoms with E-state index < -0.39 is 23.8 Å². The Morgan fingerprint density at radius 3 is 2.62 bits per heavy atom. The lowest BCUT2D eigenvalue weighted by Crippen LogP contribution is -2.46. The highest BCUT2D eigenvalue weighted by Gasteiger charge is 2.42. The summed E-state index contributed by atoms with van der Waals surface area (Å²) >= 11 is 0. The largest absolute Gasteiger partial charge is 0.488 e. The van der Waals surface area contributed by atoms with Gasteiger partial charge in [0.25, 0.3) is 0 Å². The van der Waals surface area contributed by atoms with Gasteiger partial charge in [-0.2, -0.15) is 5.10 Å². The zero-order valence-electron chi connectivity index (χ0n) is 24.2. The number of terminal acetylenes is 1. The first-order valence-electron chi connectivity index (χ1n) is 13.5. The minimum atomic E-state index is -0.713. The molecule has 2 aromatic carbocycles. The summed E-state index contributed by atoms with van der Waals surface area (Å²) < 4.78 is 13.7. The highest BCUT2D eigenvalue weighted by atomic mass is 16.6. The van der Waals surface area contributed by atoms with Gasteiger partial charge in [-0.15, -0.1) is 6.42 Å². The molecule has 42 heavy (non-hydrogen) atoms. The predicted octanol–water partition coefficient (Wildman–Crippen LogP) is 4.26. The van der Waals surface area contributed by atoms with Gasteiger partial charge in [-0.1, -0.05) is 5.92 Å². The molecule has 2 N–H and O–H groups in total. The number of hydrogen-bond acceptors (Lipinski definition) is 8. The third-order valence-corrected chi connectivity index (χ3v) is 6.69. The number of anilines is 2. The maximum Gasteiger partial charge on any atom is 0.411 e. The molecule has 5 rings (SSSR count). The summed E-state index contributed by atoms with van der Waals surface area (Å²) in [4.78, 5) is 36.1. The summed E-state index contributed by atoms with van der Waals surface area (Å²) in [6.07, 6.45) is 10.2. The standard InChI is InChI=1S/C31H33N7O4/c1-7-19-8-9-26-21(10-19)15-33-29(36-26)35-23-11-20(22-16-34-37(6)17-22)12-24(13-23)41-25-14-27(28(39)32-5)38(18-25)30(40)42-31(2,3)4/h1,8-13,15-17,25,27H,14,18H2,2-6H3,(H,32,39)(H,33,35,36)/t25-,27-/m0/s1. The monoisotopic (exact) mass is 567 g/mol. The van der Waals surface area contributed by atoms with Crippen molar-refractivity contribution in [1.29, 1.82) is 0 Å². The van der Waals surface area contributed by atoms with Crippen LogP contribution in [-0.4, -0.2) is 68.0 Å². The van der Waals surface area contributed by atoms with Crippen molar-refractivity contribution in [3.63, 3.8) is 0 Å². The van der Waals surface area contributed by atoms with Crippen LogP contribution in [0.25, 0.3) is 22.0 Å². The third-order valence-electron chi connectivity index (χ3n) is 6.69. The van der Waals surface area contributed by atoms with E-state index in [-0.39, 0.29) is 12.5 Å². The summed E-state index contributed by atoms with van der Waals surface area (Å²) in [7, 11) is 3.39. The maximum absolute atomic E-state index is 12.9. The number of hydrogen-bond donors (Lipinski definition) is 2. The molecule has 2 atom stereocenters. The van der Waals surface area contributed by atoms with Crippen LogP contribution in [0, 0.1) is 12.3 Å². The molecule has 4 aromatic rings. The normalized spacial score (nSPS) is 16.6. The Hall–Kier alpha value is -5.11. The van der Waals surface area contributed by atoms with Crippen molar-refractivity contribution in [2.45, 2.75) is 44.9 Å². The molecule has 1 aliphatic rings. The van der Waals surface area contributed by atoms with Crippen molar-refractivity contribution in [2.75, 3.05) is 18.9 Å². The van der Waals surface area contributed by atoms with E-state index in [2.05, 4.69) is 31.6 Å². The molecule has 0 saturated carbocycles. The Bertz CT molecular complexity index is 1680. The molecule has 0 spiro atoms. The van der Waals surface area contributed by atoms with Crippen molar-refractivity contribution in [1.82, 2.24) is 30.0 Å². The smallest absolute Gasteiger partial charge is 0.411 e. The summed E-state index contributed by atoms with van der Waals surface area (Å²) in [5, 5.41) is 11.1. The number of aryl methyl sites for hydroxylation is 1. The highest BCUT2D eigenvalue weighted by Crippen LogP contribution is 2.32. The summed E-state index contributed by atoms with van der Waals surface area (Å²) in [6.45, 7) is 5.56. The summed E-state index contributed by atoms with van der Waals surface area (Å²) in [5.41, 5.74) is 3.24. The molecular weight excluding hydrogens is 534 g/mol. The predicted molar refractivity (Wildman–Crippen MR) is 159 cm³/mol. The Morgan fingerprint density at radius 1 is 1.12 bits per heavy atom. The van der Waals surface area contributed by atoms with Gasteiger partial charge < -0.3 is 20.1 Å². The van der Waals surface area contributed by atoms with Gasteiger partial charge in [0.05, 0.1) is 18.3 Å². The lowest BCUT2D eigenvalue weighted by molar-refractivity contribution is -0.125. The van der Waals surface area contributed by atoms with Gasteiger partial charge >= 0.3 is 6.09 Å². The van der Waals surface area contributed by atoms with E-state index in [1.54, 1.807) is 44.9 Å². The zero-order chi connectivity index (χ0) is 30.0. The fourth-order valence-corrected chi connectivity index (χ4v) is 4.80. The van der Waals surface area contributed by atoms with E-state index in [1.807, 2.05) is 49.6 Å². The molecule has 1 aliphatic heterocycles. The molecule has 0 radical (unpaired) electrons. The molecule has 2 aromatic heterocycles. The molecular formula is C31H33N7O4.